The highest BCUT2D eigenvalue weighted by Gasteiger charge is 2.40. The van der Waals surface area contributed by atoms with Crippen LogP contribution in [-0.2, 0) is 4.79 Å². The quantitative estimate of drug-likeness (QED) is 0.600. The van der Waals surface area contributed by atoms with Crippen molar-refractivity contribution < 1.29 is 4.79 Å². The smallest absolute Gasteiger partial charge is 0.220 e. The van der Waals surface area contributed by atoms with E-state index in [0.29, 0.717) is 5.41 Å². The van der Waals surface area contributed by atoms with E-state index in [9.17, 15) is 4.79 Å². The van der Waals surface area contributed by atoms with Gasteiger partial charge >= 0.3 is 0 Å². The highest BCUT2D eigenvalue weighted by molar-refractivity contribution is 5.79. The Morgan fingerprint density at radius 3 is 2.72 bits per heavy atom. The van der Waals surface area contributed by atoms with Gasteiger partial charge in [0.1, 0.15) is 0 Å². The van der Waals surface area contributed by atoms with Crippen molar-refractivity contribution >= 4 is 5.91 Å². The SMILES string of the molecule is CCC=CCCCN1CCC2(CC1)CNC(=O)C2. The monoisotopic (exact) mass is 250 g/mol. The fourth-order valence-corrected chi connectivity index (χ4v) is 3.07. The first-order valence-electron chi connectivity index (χ1n) is 7.38. The number of likely N-dealkylation sites (tertiary alicyclic amines) is 1. The summed E-state index contributed by atoms with van der Waals surface area (Å²) in [6, 6.07) is 0. The molecule has 0 bridgehead atoms. The van der Waals surface area contributed by atoms with E-state index in [1.807, 2.05) is 0 Å². The van der Waals surface area contributed by atoms with Gasteiger partial charge in [0.25, 0.3) is 0 Å². The molecule has 0 radical (unpaired) electrons. The van der Waals surface area contributed by atoms with E-state index in [2.05, 4.69) is 29.3 Å². The number of carbonyl (C=O) groups excluding carboxylic acids is 1. The molecular formula is C15H26N2O. The third-order valence-electron chi connectivity index (χ3n) is 4.36. The van der Waals surface area contributed by atoms with Crippen LogP contribution in [0.3, 0.4) is 0 Å². The molecule has 2 rings (SSSR count). The molecule has 0 aromatic heterocycles. The summed E-state index contributed by atoms with van der Waals surface area (Å²) in [5, 5.41) is 2.99. The van der Waals surface area contributed by atoms with Crippen molar-refractivity contribution in [2.24, 2.45) is 5.41 Å². The maximum absolute atomic E-state index is 11.3. The minimum Gasteiger partial charge on any atom is -0.356 e. The van der Waals surface area contributed by atoms with Gasteiger partial charge in [-0.2, -0.15) is 0 Å². The first-order chi connectivity index (χ1) is 8.74. The normalized spacial score (nSPS) is 23.9. The topological polar surface area (TPSA) is 32.3 Å². The molecule has 1 spiro atoms. The number of rotatable bonds is 5. The van der Waals surface area contributed by atoms with E-state index in [-0.39, 0.29) is 5.91 Å². The molecule has 1 N–H and O–H groups in total. The molecule has 3 heteroatoms. The number of hydrogen-bond donors (Lipinski definition) is 1. The van der Waals surface area contributed by atoms with Gasteiger partial charge in [0.2, 0.25) is 5.91 Å². The van der Waals surface area contributed by atoms with Gasteiger partial charge in [-0.15, -0.1) is 0 Å². The van der Waals surface area contributed by atoms with Crippen LogP contribution in [0, 0.1) is 5.41 Å². The third-order valence-corrected chi connectivity index (χ3v) is 4.36. The average Bonchev–Trinajstić information content (AvgIpc) is 2.73. The Hall–Kier alpha value is -0.830. The lowest BCUT2D eigenvalue weighted by Crippen LogP contribution is -2.41. The van der Waals surface area contributed by atoms with Crippen molar-refractivity contribution in [1.29, 1.82) is 0 Å². The number of unbranched alkanes of at least 4 members (excludes halogenated alkanes) is 1. The summed E-state index contributed by atoms with van der Waals surface area (Å²) in [7, 11) is 0. The second-order valence-corrected chi connectivity index (χ2v) is 5.82. The molecule has 3 nitrogen and oxygen atoms in total. The minimum atomic E-state index is 0.258. The van der Waals surface area contributed by atoms with Crippen LogP contribution in [-0.4, -0.2) is 37.0 Å². The summed E-state index contributed by atoms with van der Waals surface area (Å²) in [6.45, 7) is 6.65. The highest BCUT2D eigenvalue weighted by atomic mass is 16.1. The Labute approximate surface area is 111 Å². The summed E-state index contributed by atoms with van der Waals surface area (Å²) in [6.07, 6.45) is 11.3. The number of allylic oxidation sites excluding steroid dienone is 2. The molecule has 2 fully saturated rings. The molecule has 0 aromatic rings. The lowest BCUT2D eigenvalue weighted by Gasteiger charge is -2.38. The van der Waals surface area contributed by atoms with Crippen LogP contribution in [0.25, 0.3) is 0 Å². The van der Waals surface area contributed by atoms with Gasteiger partial charge in [0.05, 0.1) is 0 Å². The Kier molecular flexibility index (Phi) is 4.81. The maximum atomic E-state index is 11.3. The van der Waals surface area contributed by atoms with Gasteiger partial charge in [-0.05, 0) is 57.2 Å². The van der Waals surface area contributed by atoms with Gasteiger partial charge in [-0.1, -0.05) is 19.1 Å². The number of carbonyl (C=O) groups is 1. The molecule has 0 aromatic carbocycles. The molecule has 0 aliphatic carbocycles. The van der Waals surface area contributed by atoms with Gasteiger partial charge in [0, 0.05) is 13.0 Å². The number of nitrogens with one attached hydrogen (secondary N) is 1. The predicted octanol–water partition coefficient (Wildman–Crippen LogP) is 2.33. The predicted molar refractivity (Wildman–Crippen MR) is 74.4 cm³/mol. The fraction of sp³-hybridized carbons (Fsp3) is 0.800. The van der Waals surface area contributed by atoms with Crippen molar-refractivity contribution in [1.82, 2.24) is 10.2 Å². The van der Waals surface area contributed by atoms with Crippen molar-refractivity contribution in [2.75, 3.05) is 26.2 Å². The second-order valence-electron chi connectivity index (χ2n) is 5.82. The molecule has 2 heterocycles. The van der Waals surface area contributed by atoms with Gasteiger partial charge < -0.3 is 10.2 Å². The van der Waals surface area contributed by atoms with E-state index in [1.54, 1.807) is 0 Å². The van der Waals surface area contributed by atoms with E-state index in [4.69, 9.17) is 0 Å². The largest absolute Gasteiger partial charge is 0.356 e. The van der Waals surface area contributed by atoms with Crippen LogP contribution in [0.4, 0.5) is 0 Å². The van der Waals surface area contributed by atoms with Gasteiger partial charge in [0.15, 0.2) is 0 Å². The number of piperidine rings is 1. The molecule has 18 heavy (non-hydrogen) atoms. The average molecular weight is 250 g/mol. The molecule has 2 saturated heterocycles. The van der Waals surface area contributed by atoms with Crippen molar-refractivity contribution in [3.63, 3.8) is 0 Å². The number of amides is 1. The lowest BCUT2D eigenvalue weighted by molar-refractivity contribution is -0.119. The van der Waals surface area contributed by atoms with Crippen LogP contribution in [0.15, 0.2) is 12.2 Å². The molecule has 2 aliphatic rings. The van der Waals surface area contributed by atoms with Crippen LogP contribution in [0.2, 0.25) is 0 Å². The summed E-state index contributed by atoms with van der Waals surface area (Å²) < 4.78 is 0. The van der Waals surface area contributed by atoms with Crippen molar-refractivity contribution in [2.45, 2.75) is 45.4 Å². The third kappa shape index (κ3) is 3.58. The van der Waals surface area contributed by atoms with Crippen LogP contribution in [0.5, 0.6) is 0 Å². The molecule has 0 saturated carbocycles. The zero-order valence-corrected chi connectivity index (χ0v) is 11.6. The van der Waals surface area contributed by atoms with Crippen molar-refractivity contribution in [3.05, 3.63) is 12.2 Å². The van der Waals surface area contributed by atoms with Gasteiger partial charge in [-0.3, -0.25) is 4.79 Å². The minimum absolute atomic E-state index is 0.258. The number of hydrogen-bond acceptors (Lipinski definition) is 2. The lowest BCUT2D eigenvalue weighted by atomic mass is 9.77. The summed E-state index contributed by atoms with van der Waals surface area (Å²) >= 11 is 0. The van der Waals surface area contributed by atoms with Crippen LogP contribution < -0.4 is 5.32 Å². The zero-order chi connectivity index (χ0) is 12.8. The summed E-state index contributed by atoms with van der Waals surface area (Å²) in [4.78, 5) is 13.9. The Morgan fingerprint density at radius 1 is 1.33 bits per heavy atom. The molecule has 2 aliphatic heterocycles. The molecule has 0 unspecified atom stereocenters. The molecular weight excluding hydrogens is 224 g/mol. The fourth-order valence-electron chi connectivity index (χ4n) is 3.07. The number of nitrogens with zero attached hydrogens (tertiary/aromatic N) is 1. The first kappa shape index (κ1) is 13.6. The van der Waals surface area contributed by atoms with E-state index in [0.717, 1.165) is 19.4 Å². The zero-order valence-electron chi connectivity index (χ0n) is 11.6. The molecule has 0 atom stereocenters. The van der Waals surface area contributed by atoms with Crippen LogP contribution in [0.1, 0.15) is 45.4 Å². The Balaban J connectivity index is 1.64. The molecule has 102 valence electrons. The summed E-state index contributed by atoms with van der Waals surface area (Å²) in [5.41, 5.74) is 0.301. The van der Waals surface area contributed by atoms with Gasteiger partial charge in [-0.25, -0.2) is 0 Å². The van der Waals surface area contributed by atoms with E-state index < -0.39 is 0 Å². The van der Waals surface area contributed by atoms with E-state index in [1.165, 1.54) is 45.3 Å². The standard InChI is InChI=1S/C15H26N2O/c1-2-3-4-5-6-9-17-10-7-15(8-11-17)12-14(18)16-13-15/h3-4H,2,5-13H2,1H3,(H,16,18). The van der Waals surface area contributed by atoms with Crippen LogP contribution >= 0.6 is 0 Å². The maximum Gasteiger partial charge on any atom is 0.220 e. The van der Waals surface area contributed by atoms with Crippen molar-refractivity contribution in [3.8, 4) is 0 Å². The molecule has 1 amide bonds. The Bertz CT molecular complexity index is 304. The second kappa shape index (κ2) is 6.37. The highest BCUT2D eigenvalue weighted by Crippen LogP contribution is 2.37. The first-order valence-corrected chi connectivity index (χ1v) is 7.38. The van der Waals surface area contributed by atoms with E-state index >= 15 is 0 Å². The summed E-state index contributed by atoms with van der Waals surface area (Å²) in [5.74, 6) is 0.258. The Morgan fingerprint density at radius 2 is 2.11 bits per heavy atom.